The maximum Gasteiger partial charge on any atom is 0.325 e. The zero-order chi connectivity index (χ0) is 17.3. The van der Waals surface area contributed by atoms with Crippen molar-refractivity contribution in [3.63, 3.8) is 0 Å². The Balaban J connectivity index is 0.00000225. The van der Waals surface area contributed by atoms with Gasteiger partial charge in [0.25, 0.3) is 5.91 Å². The smallest absolute Gasteiger partial charge is 0.324 e. The lowest BCUT2D eigenvalue weighted by Crippen LogP contribution is -2.49. The summed E-state index contributed by atoms with van der Waals surface area (Å²) in [5, 5.41) is 6.01. The number of carbonyl (C=O) groups excluding carboxylic acids is 2. The molecule has 0 spiro atoms. The van der Waals surface area contributed by atoms with E-state index in [9.17, 15) is 14.0 Å². The second kappa shape index (κ2) is 7.68. The Bertz CT molecular complexity index is 655. The van der Waals surface area contributed by atoms with Crippen molar-refractivity contribution < 1.29 is 14.0 Å². The number of nitrogens with one attached hydrogen (secondary N) is 2. The van der Waals surface area contributed by atoms with Crippen molar-refractivity contribution in [2.75, 3.05) is 32.7 Å². The van der Waals surface area contributed by atoms with Gasteiger partial charge in [0.15, 0.2) is 0 Å². The third-order valence-corrected chi connectivity index (χ3v) is 4.64. The first-order chi connectivity index (χ1) is 11.4. The van der Waals surface area contributed by atoms with Crippen molar-refractivity contribution in [2.24, 2.45) is 0 Å². The summed E-state index contributed by atoms with van der Waals surface area (Å²) < 4.78 is 13.5. The van der Waals surface area contributed by atoms with Crippen LogP contribution in [-0.2, 0) is 4.79 Å². The molecule has 2 heterocycles. The predicted octanol–water partition coefficient (Wildman–Crippen LogP) is 1.52. The summed E-state index contributed by atoms with van der Waals surface area (Å²) in [6.07, 6.45) is 0. The molecular weight excluding hydrogens is 347 g/mol. The molecule has 3 rings (SSSR count). The van der Waals surface area contributed by atoms with Gasteiger partial charge in [-0.25, -0.2) is 9.18 Å². The van der Waals surface area contributed by atoms with Gasteiger partial charge in [-0.3, -0.25) is 14.6 Å². The fraction of sp³-hybridized carbons (Fsp3) is 0.529. The fourth-order valence-corrected chi connectivity index (χ4v) is 3.31. The molecule has 1 unspecified atom stereocenters. The minimum absolute atomic E-state index is 0. The van der Waals surface area contributed by atoms with Crippen molar-refractivity contribution >= 4 is 24.3 Å². The number of imide groups is 1. The number of carbonyl (C=O) groups is 2. The number of halogens is 2. The summed E-state index contributed by atoms with van der Waals surface area (Å²) >= 11 is 0. The number of amides is 3. The maximum absolute atomic E-state index is 13.5. The van der Waals surface area contributed by atoms with Gasteiger partial charge in [-0.05, 0) is 31.5 Å². The van der Waals surface area contributed by atoms with Crippen LogP contribution in [0.4, 0.5) is 9.18 Å². The Labute approximate surface area is 153 Å². The molecule has 0 aromatic heterocycles. The quantitative estimate of drug-likeness (QED) is 0.789. The second-order valence-electron chi connectivity index (χ2n) is 6.82. The number of piperazine rings is 1. The molecule has 0 saturated carbocycles. The van der Waals surface area contributed by atoms with Gasteiger partial charge >= 0.3 is 6.03 Å². The molecule has 8 heteroatoms. The Morgan fingerprint density at radius 1 is 1.28 bits per heavy atom. The zero-order valence-electron chi connectivity index (χ0n) is 14.4. The van der Waals surface area contributed by atoms with Gasteiger partial charge in [-0.2, -0.15) is 0 Å². The van der Waals surface area contributed by atoms with Crippen molar-refractivity contribution in [1.82, 2.24) is 20.4 Å². The Hall–Kier alpha value is -1.70. The molecule has 0 radical (unpaired) electrons. The zero-order valence-corrected chi connectivity index (χ0v) is 15.2. The average molecular weight is 371 g/mol. The molecule has 6 nitrogen and oxygen atoms in total. The van der Waals surface area contributed by atoms with E-state index in [-0.39, 0.29) is 36.2 Å². The highest BCUT2D eigenvalue weighted by Gasteiger charge is 2.44. The number of urea groups is 1. The Morgan fingerprint density at radius 2 is 2.04 bits per heavy atom. The van der Waals surface area contributed by atoms with E-state index in [0.717, 1.165) is 25.2 Å². The number of benzene rings is 1. The van der Waals surface area contributed by atoms with Crippen molar-refractivity contribution in [2.45, 2.75) is 25.4 Å². The maximum atomic E-state index is 13.5. The molecule has 3 amide bonds. The largest absolute Gasteiger partial charge is 0.325 e. The van der Waals surface area contributed by atoms with Crippen LogP contribution < -0.4 is 10.6 Å². The molecule has 138 valence electrons. The molecule has 1 atom stereocenters. The molecule has 2 N–H and O–H groups in total. The van der Waals surface area contributed by atoms with Gasteiger partial charge in [0.05, 0.1) is 0 Å². The summed E-state index contributed by atoms with van der Waals surface area (Å²) in [6, 6.07) is 6.27. The van der Waals surface area contributed by atoms with E-state index in [1.807, 2.05) is 6.07 Å². The van der Waals surface area contributed by atoms with Crippen LogP contribution in [0.25, 0.3) is 0 Å². The summed E-state index contributed by atoms with van der Waals surface area (Å²) in [5.41, 5.74) is 0.0578. The first kappa shape index (κ1) is 19.6. The topological polar surface area (TPSA) is 64.7 Å². The molecule has 0 bridgehead atoms. The van der Waals surface area contributed by atoms with Crippen LogP contribution >= 0.6 is 12.4 Å². The second-order valence-corrected chi connectivity index (χ2v) is 6.82. The first-order valence-corrected chi connectivity index (χ1v) is 8.23. The van der Waals surface area contributed by atoms with Gasteiger partial charge in [-0.1, -0.05) is 12.1 Å². The lowest BCUT2D eigenvalue weighted by Gasteiger charge is -2.37. The average Bonchev–Trinajstić information content (AvgIpc) is 2.74. The normalized spacial score (nSPS) is 23.3. The summed E-state index contributed by atoms with van der Waals surface area (Å²) in [4.78, 5) is 27.7. The fourth-order valence-electron chi connectivity index (χ4n) is 3.31. The highest BCUT2D eigenvalue weighted by atomic mass is 35.5. The first-order valence-electron chi connectivity index (χ1n) is 8.23. The van der Waals surface area contributed by atoms with Gasteiger partial charge in [-0.15, -0.1) is 12.4 Å². The Kier molecular flexibility index (Phi) is 6.03. The van der Waals surface area contributed by atoms with Crippen molar-refractivity contribution in [1.29, 1.82) is 0 Å². The highest BCUT2D eigenvalue weighted by Crippen LogP contribution is 2.23. The molecule has 2 aliphatic heterocycles. The van der Waals surface area contributed by atoms with Crippen molar-refractivity contribution in [3.05, 3.63) is 35.6 Å². The van der Waals surface area contributed by atoms with E-state index < -0.39 is 5.54 Å². The number of hydrogen-bond acceptors (Lipinski definition) is 4. The van der Waals surface area contributed by atoms with Crippen LogP contribution in [0.5, 0.6) is 0 Å². The lowest BCUT2D eigenvalue weighted by molar-refractivity contribution is -0.130. The van der Waals surface area contributed by atoms with E-state index in [2.05, 4.69) is 15.5 Å². The minimum atomic E-state index is -0.845. The van der Waals surface area contributed by atoms with Crippen LogP contribution in [0.3, 0.4) is 0 Å². The molecule has 0 aliphatic carbocycles. The summed E-state index contributed by atoms with van der Waals surface area (Å²) in [5.74, 6) is -0.459. The number of hydrogen-bond donors (Lipinski definition) is 2. The van der Waals surface area contributed by atoms with Crippen LogP contribution in [0.1, 0.15) is 25.5 Å². The molecule has 25 heavy (non-hydrogen) atoms. The monoisotopic (exact) mass is 370 g/mol. The molecule has 1 aromatic carbocycles. The third-order valence-electron chi connectivity index (χ3n) is 4.64. The molecule has 1 aromatic rings. The van der Waals surface area contributed by atoms with Gasteiger partial charge in [0.1, 0.15) is 11.4 Å². The number of rotatable bonds is 4. The molecule has 2 saturated heterocycles. The van der Waals surface area contributed by atoms with Gasteiger partial charge in [0.2, 0.25) is 0 Å². The van der Waals surface area contributed by atoms with Crippen molar-refractivity contribution in [3.8, 4) is 0 Å². The van der Waals surface area contributed by atoms with Crippen LogP contribution in [-0.4, -0.2) is 60.0 Å². The van der Waals surface area contributed by atoms with E-state index in [0.29, 0.717) is 13.1 Å². The van der Waals surface area contributed by atoms with Crippen LogP contribution in [0.2, 0.25) is 0 Å². The standard InChI is InChI=1S/C17H23FN4O2.ClH/c1-17(2)15(23)22(16(24)20-17)9-8-21-7-6-19-11-14(21)12-4-3-5-13(18)10-12;/h3-5,10,14,19H,6-9,11H2,1-2H3,(H,20,24);1H. The van der Waals surface area contributed by atoms with Crippen LogP contribution in [0.15, 0.2) is 24.3 Å². The van der Waals surface area contributed by atoms with Crippen LogP contribution in [0, 0.1) is 5.82 Å². The highest BCUT2D eigenvalue weighted by molar-refractivity contribution is 6.06. The van der Waals surface area contributed by atoms with E-state index in [1.165, 1.54) is 11.0 Å². The van der Waals surface area contributed by atoms with E-state index in [4.69, 9.17) is 0 Å². The SMILES string of the molecule is CC1(C)NC(=O)N(CCN2CCNCC2c2cccc(F)c2)C1=O.Cl. The Morgan fingerprint density at radius 3 is 2.68 bits per heavy atom. The third kappa shape index (κ3) is 4.11. The van der Waals surface area contributed by atoms with E-state index >= 15 is 0 Å². The molecular formula is C17H24ClFN4O2. The number of nitrogens with zero attached hydrogens (tertiary/aromatic N) is 2. The van der Waals surface area contributed by atoms with Gasteiger partial charge in [0, 0.05) is 38.8 Å². The molecule has 2 fully saturated rings. The minimum Gasteiger partial charge on any atom is -0.324 e. The predicted molar refractivity (Wildman–Crippen MR) is 95.2 cm³/mol. The lowest BCUT2D eigenvalue weighted by atomic mass is 10.0. The van der Waals surface area contributed by atoms with E-state index in [1.54, 1.807) is 26.0 Å². The summed E-state index contributed by atoms with van der Waals surface area (Å²) in [6.45, 7) is 6.64. The molecule has 2 aliphatic rings. The summed E-state index contributed by atoms with van der Waals surface area (Å²) in [7, 11) is 0. The van der Waals surface area contributed by atoms with Gasteiger partial charge < -0.3 is 10.6 Å².